The minimum atomic E-state index is -3.38. The van der Waals surface area contributed by atoms with Crippen LogP contribution in [0.2, 0.25) is 0 Å². The van der Waals surface area contributed by atoms with Gasteiger partial charge in [0.25, 0.3) is 10.2 Å². The molecule has 0 aromatic rings. The van der Waals surface area contributed by atoms with E-state index in [0.717, 1.165) is 19.4 Å². The monoisotopic (exact) mass is 305 g/mol. The van der Waals surface area contributed by atoms with Gasteiger partial charge in [0, 0.05) is 32.2 Å². The van der Waals surface area contributed by atoms with Crippen molar-refractivity contribution >= 4 is 10.2 Å². The third kappa shape index (κ3) is 3.71. The summed E-state index contributed by atoms with van der Waals surface area (Å²) >= 11 is 0. The molecule has 2 heterocycles. The number of hydrogen-bond acceptors (Lipinski definition) is 4. The Morgan fingerprint density at radius 2 is 1.95 bits per heavy atom. The largest absolute Gasteiger partial charge is 0.373 e. The molecule has 2 aliphatic heterocycles. The molecule has 3 atom stereocenters. The first kappa shape index (κ1) is 16.2. The molecule has 0 saturated carbocycles. The maximum atomic E-state index is 12.8. The average Bonchev–Trinajstić information content (AvgIpc) is 2.87. The highest BCUT2D eigenvalue weighted by molar-refractivity contribution is 7.86. The van der Waals surface area contributed by atoms with Gasteiger partial charge in [-0.15, -0.1) is 0 Å². The molecule has 0 spiro atoms. The third-order valence-electron chi connectivity index (χ3n) is 3.98. The van der Waals surface area contributed by atoms with Crippen LogP contribution in [0.15, 0.2) is 0 Å². The second kappa shape index (κ2) is 6.70. The normalized spacial score (nSPS) is 32.9. The number of likely N-dealkylation sites (N-methyl/N-ethyl adjacent to an activating group) is 1. The lowest BCUT2D eigenvalue weighted by Gasteiger charge is -2.37. The molecule has 6 nitrogen and oxygen atoms in total. The van der Waals surface area contributed by atoms with Gasteiger partial charge in [-0.05, 0) is 33.2 Å². The molecule has 3 unspecified atom stereocenters. The van der Waals surface area contributed by atoms with E-state index in [1.807, 2.05) is 20.8 Å². The molecule has 0 amide bonds. The highest BCUT2D eigenvalue weighted by Gasteiger charge is 2.35. The molecule has 7 heteroatoms. The summed E-state index contributed by atoms with van der Waals surface area (Å²) in [7, 11) is -3.38. The van der Waals surface area contributed by atoms with Crippen molar-refractivity contribution in [3.8, 4) is 0 Å². The Kier molecular flexibility index (Phi) is 5.42. The highest BCUT2D eigenvalue weighted by atomic mass is 32.2. The van der Waals surface area contributed by atoms with Crippen molar-refractivity contribution in [3.63, 3.8) is 0 Å². The van der Waals surface area contributed by atoms with Gasteiger partial charge in [-0.2, -0.15) is 17.0 Å². The molecule has 2 aliphatic rings. The van der Waals surface area contributed by atoms with Gasteiger partial charge in [0.1, 0.15) is 0 Å². The van der Waals surface area contributed by atoms with Gasteiger partial charge >= 0.3 is 0 Å². The van der Waals surface area contributed by atoms with E-state index < -0.39 is 10.2 Å². The van der Waals surface area contributed by atoms with Crippen LogP contribution >= 0.6 is 0 Å². The topological polar surface area (TPSA) is 61.9 Å². The van der Waals surface area contributed by atoms with Crippen molar-refractivity contribution in [2.24, 2.45) is 0 Å². The summed E-state index contributed by atoms with van der Waals surface area (Å²) in [6.07, 6.45) is 2.10. The van der Waals surface area contributed by atoms with Crippen LogP contribution in [0.4, 0.5) is 0 Å². The van der Waals surface area contributed by atoms with Crippen LogP contribution in [0.1, 0.15) is 33.6 Å². The molecule has 0 radical (unpaired) electrons. The number of rotatable bonds is 5. The molecular formula is C13H27N3O3S. The van der Waals surface area contributed by atoms with Crippen molar-refractivity contribution in [1.29, 1.82) is 0 Å². The first-order valence-corrected chi connectivity index (χ1v) is 8.97. The zero-order valence-electron chi connectivity index (χ0n) is 12.7. The van der Waals surface area contributed by atoms with Crippen molar-refractivity contribution < 1.29 is 13.2 Å². The summed E-state index contributed by atoms with van der Waals surface area (Å²) < 4.78 is 34.3. The molecular weight excluding hydrogens is 278 g/mol. The van der Waals surface area contributed by atoms with E-state index in [1.165, 1.54) is 0 Å². The Labute approximate surface area is 122 Å². The number of morpholine rings is 1. The highest BCUT2D eigenvalue weighted by Crippen LogP contribution is 2.18. The van der Waals surface area contributed by atoms with Crippen LogP contribution < -0.4 is 5.32 Å². The average molecular weight is 305 g/mol. The zero-order valence-corrected chi connectivity index (χ0v) is 13.5. The maximum absolute atomic E-state index is 12.8. The van der Waals surface area contributed by atoms with Crippen LogP contribution in [-0.2, 0) is 14.9 Å². The summed E-state index contributed by atoms with van der Waals surface area (Å²) in [5.74, 6) is 0. The number of ether oxygens (including phenoxy) is 1. The Hall–Kier alpha value is -0.210. The minimum absolute atomic E-state index is 0.0446. The number of nitrogens with zero attached hydrogens (tertiary/aromatic N) is 2. The van der Waals surface area contributed by atoms with E-state index >= 15 is 0 Å². The third-order valence-corrected chi connectivity index (χ3v) is 5.99. The molecule has 2 saturated heterocycles. The fourth-order valence-electron chi connectivity index (χ4n) is 3.03. The summed E-state index contributed by atoms with van der Waals surface area (Å²) in [5.41, 5.74) is 0. The predicted octanol–water partition coefficient (Wildman–Crippen LogP) is 0.414. The van der Waals surface area contributed by atoms with Gasteiger partial charge in [-0.3, -0.25) is 0 Å². The van der Waals surface area contributed by atoms with E-state index in [1.54, 1.807) is 8.61 Å². The molecule has 1 N–H and O–H groups in total. The van der Waals surface area contributed by atoms with E-state index in [9.17, 15) is 8.42 Å². The fraction of sp³-hybridized carbons (Fsp3) is 1.00. The first-order chi connectivity index (χ1) is 9.43. The fourth-order valence-corrected chi connectivity index (χ4v) is 4.85. The van der Waals surface area contributed by atoms with Crippen molar-refractivity contribution in [2.75, 3.05) is 32.7 Å². The van der Waals surface area contributed by atoms with E-state index in [-0.39, 0.29) is 12.2 Å². The lowest BCUT2D eigenvalue weighted by atomic mass is 10.2. The van der Waals surface area contributed by atoms with Crippen LogP contribution in [-0.4, -0.2) is 68.0 Å². The first-order valence-electron chi connectivity index (χ1n) is 7.57. The standard InChI is InChI=1S/C13H27N3O3S/c1-4-15(10-13-6-5-7-14-13)20(17,18)16-8-11(2)19-12(3)9-16/h11-14H,4-10H2,1-3H3. The van der Waals surface area contributed by atoms with Gasteiger partial charge in [0.15, 0.2) is 0 Å². The van der Waals surface area contributed by atoms with Crippen molar-refractivity contribution in [2.45, 2.75) is 51.9 Å². The smallest absolute Gasteiger partial charge is 0.282 e. The predicted molar refractivity (Wildman–Crippen MR) is 78.8 cm³/mol. The molecule has 20 heavy (non-hydrogen) atoms. The molecule has 0 bridgehead atoms. The van der Waals surface area contributed by atoms with Crippen LogP contribution in [0.5, 0.6) is 0 Å². The van der Waals surface area contributed by atoms with Crippen LogP contribution in [0, 0.1) is 0 Å². The lowest BCUT2D eigenvalue weighted by molar-refractivity contribution is -0.0454. The van der Waals surface area contributed by atoms with Gasteiger partial charge < -0.3 is 10.1 Å². The lowest BCUT2D eigenvalue weighted by Crippen LogP contribution is -2.54. The van der Waals surface area contributed by atoms with Crippen molar-refractivity contribution in [1.82, 2.24) is 13.9 Å². The van der Waals surface area contributed by atoms with Crippen LogP contribution in [0.25, 0.3) is 0 Å². The molecule has 2 rings (SSSR count). The summed E-state index contributed by atoms with van der Waals surface area (Å²) in [6, 6.07) is 0.292. The minimum Gasteiger partial charge on any atom is -0.373 e. The quantitative estimate of drug-likeness (QED) is 0.799. The van der Waals surface area contributed by atoms with Gasteiger partial charge in [-0.1, -0.05) is 6.92 Å². The van der Waals surface area contributed by atoms with Gasteiger partial charge in [0.05, 0.1) is 12.2 Å². The molecule has 2 fully saturated rings. The van der Waals surface area contributed by atoms with Crippen molar-refractivity contribution in [3.05, 3.63) is 0 Å². The van der Waals surface area contributed by atoms with Gasteiger partial charge in [-0.25, -0.2) is 0 Å². The van der Waals surface area contributed by atoms with E-state index in [4.69, 9.17) is 4.74 Å². The summed E-state index contributed by atoms with van der Waals surface area (Å²) in [6.45, 7) is 8.72. The Bertz CT molecular complexity index is 399. The Balaban J connectivity index is 2.05. The second-order valence-corrected chi connectivity index (χ2v) is 7.75. The molecule has 0 aromatic carbocycles. The number of nitrogens with one attached hydrogen (secondary N) is 1. The van der Waals surface area contributed by atoms with Gasteiger partial charge in [0.2, 0.25) is 0 Å². The molecule has 118 valence electrons. The molecule has 0 aromatic heterocycles. The van der Waals surface area contributed by atoms with E-state index in [0.29, 0.717) is 32.2 Å². The zero-order chi connectivity index (χ0) is 14.8. The Morgan fingerprint density at radius 3 is 2.45 bits per heavy atom. The SMILES string of the molecule is CCN(CC1CCCN1)S(=O)(=O)N1CC(C)OC(C)C1. The van der Waals surface area contributed by atoms with Crippen LogP contribution in [0.3, 0.4) is 0 Å². The summed E-state index contributed by atoms with van der Waals surface area (Å²) in [5, 5.41) is 3.36. The second-order valence-electron chi connectivity index (χ2n) is 5.83. The van der Waals surface area contributed by atoms with E-state index in [2.05, 4.69) is 5.32 Å². The number of hydrogen-bond donors (Lipinski definition) is 1. The summed E-state index contributed by atoms with van der Waals surface area (Å²) in [4.78, 5) is 0. The molecule has 0 aliphatic carbocycles. The maximum Gasteiger partial charge on any atom is 0.282 e. The Morgan fingerprint density at radius 1 is 1.30 bits per heavy atom.